The Balaban J connectivity index is 2.26. The van der Waals surface area contributed by atoms with Gasteiger partial charge in [0.2, 0.25) is 10.0 Å². The average Bonchev–Trinajstić information content (AvgIpc) is 2.39. The van der Waals surface area contributed by atoms with E-state index in [1.807, 2.05) is 4.72 Å². The van der Waals surface area contributed by atoms with Gasteiger partial charge in [-0.3, -0.25) is 4.72 Å². The highest BCUT2D eigenvalue weighted by Crippen LogP contribution is 2.34. The van der Waals surface area contributed by atoms with Crippen LogP contribution in [0.5, 0.6) is 0 Å². The van der Waals surface area contributed by atoms with E-state index >= 15 is 0 Å². The zero-order valence-electron chi connectivity index (χ0n) is 11.4. The van der Waals surface area contributed by atoms with Gasteiger partial charge in [-0.05, 0) is 31.0 Å². The number of nitrogens with one attached hydrogen (secondary N) is 1. The van der Waals surface area contributed by atoms with E-state index in [4.69, 9.17) is 0 Å². The van der Waals surface area contributed by atoms with Gasteiger partial charge >= 0.3 is 6.18 Å². The van der Waals surface area contributed by atoms with Crippen LogP contribution in [0.15, 0.2) is 18.2 Å². The number of anilines is 1. The molecule has 4 nitrogen and oxygen atoms in total. The summed E-state index contributed by atoms with van der Waals surface area (Å²) in [5.74, 6) is -1.48. The Morgan fingerprint density at radius 1 is 1.18 bits per heavy atom. The van der Waals surface area contributed by atoms with Gasteiger partial charge in [0.05, 0.1) is 11.7 Å². The molecule has 22 heavy (non-hydrogen) atoms. The number of aliphatic hydroxyl groups excluding tert-OH is 1. The van der Waals surface area contributed by atoms with Crippen LogP contribution in [0.1, 0.15) is 31.2 Å². The van der Waals surface area contributed by atoms with Crippen LogP contribution in [0.2, 0.25) is 0 Å². The fourth-order valence-electron chi connectivity index (χ4n) is 2.49. The minimum Gasteiger partial charge on any atom is -0.392 e. The normalized spacial score (nSPS) is 23.3. The predicted molar refractivity (Wildman–Crippen MR) is 72.2 cm³/mol. The number of sulfonamides is 1. The molecule has 0 bridgehead atoms. The molecule has 1 aliphatic carbocycles. The van der Waals surface area contributed by atoms with Crippen LogP contribution in [0.25, 0.3) is 0 Å². The Morgan fingerprint density at radius 3 is 2.41 bits per heavy atom. The topological polar surface area (TPSA) is 66.4 Å². The summed E-state index contributed by atoms with van der Waals surface area (Å²) in [7, 11) is -4.05. The van der Waals surface area contributed by atoms with Crippen LogP contribution in [0.3, 0.4) is 0 Å². The quantitative estimate of drug-likeness (QED) is 0.831. The summed E-state index contributed by atoms with van der Waals surface area (Å²) in [6, 6.07) is 1.87. The molecule has 0 saturated heterocycles. The molecule has 1 aliphatic rings. The highest BCUT2D eigenvalue weighted by atomic mass is 32.2. The van der Waals surface area contributed by atoms with Gasteiger partial charge in [0.25, 0.3) is 0 Å². The summed E-state index contributed by atoms with van der Waals surface area (Å²) >= 11 is 0. The smallest absolute Gasteiger partial charge is 0.392 e. The van der Waals surface area contributed by atoms with E-state index in [1.165, 1.54) is 0 Å². The van der Waals surface area contributed by atoms with Crippen LogP contribution in [-0.4, -0.2) is 24.9 Å². The Hall–Kier alpha value is -1.35. The maximum Gasteiger partial charge on any atom is 0.419 e. The van der Waals surface area contributed by atoms with Crippen molar-refractivity contribution < 1.29 is 31.1 Å². The molecule has 1 aromatic rings. The number of rotatable bonds is 3. The van der Waals surface area contributed by atoms with Crippen LogP contribution in [-0.2, 0) is 16.2 Å². The summed E-state index contributed by atoms with van der Waals surface area (Å²) in [4.78, 5) is 0. The lowest BCUT2D eigenvalue weighted by Gasteiger charge is -2.27. The molecule has 124 valence electrons. The maximum atomic E-state index is 13.2. The third-order valence-electron chi connectivity index (χ3n) is 3.60. The molecule has 0 aliphatic heterocycles. The summed E-state index contributed by atoms with van der Waals surface area (Å²) in [6.45, 7) is 0. The summed E-state index contributed by atoms with van der Waals surface area (Å²) in [5.41, 5.74) is -1.93. The van der Waals surface area contributed by atoms with Crippen molar-refractivity contribution in [2.24, 2.45) is 0 Å². The molecule has 0 aromatic heterocycles. The van der Waals surface area contributed by atoms with Gasteiger partial charge in [0.1, 0.15) is 11.1 Å². The predicted octanol–water partition coefficient (Wildman–Crippen LogP) is 2.89. The summed E-state index contributed by atoms with van der Waals surface area (Å²) in [5, 5.41) is 8.67. The molecule has 1 fully saturated rings. The van der Waals surface area contributed by atoms with E-state index in [2.05, 4.69) is 0 Å². The lowest BCUT2D eigenvalue weighted by Crippen LogP contribution is -2.40. The lowest BCUT2D eigenvalue weighted by atomic mass is 9.97. The fraction of sp³-hybridized carbons (Fsp3) is 0.538. The van der Waals surface area contributed by atoms with E-state index in [9.17, 15) is 31.1 Å². The first-order valence-electron chi connectivity index (χ1n) is 6.68. The second-order valence-corrected chi connectivity index (χ2v) is 7.13. The first-order chi connectivity index (χ1) is 10.1. The molecule has 2 atom stereocenters. The number of halogens is 4. The third kappa shape index (κ3) is 3.70. The molecular formula is C13H15F4NO3S. The molecule has 0 radical (unpaired) electrons. The lowest BCUT2D eigenvalue weighted by molar-refractivity contribution is -0.139. The Bertz CT molecular complexity index is 645. The van der Waals surface area contributed by atoms with Crippen molar-refractivity contribution in [3.8, 4) is 0 Å². The minimum atomic E-state index is -4.92. The molecule has 9 heteroatoms. The zero-order valence-corrected chi connectivity index (χ0v) is 12.2. The van der Waals surface area contributed by atoms with Crippen molar-refractivity contribution in [1.82, 2.24) is 0 Å². The van der Waals surface area contributed by atoms with Crippen LogP contribution < -0.4 is 4.72 Å². The molecule has 0 amide bonds. The van der Waals surface area contributed by atoms with Crippen LogP contribution in [0.4, 0.5) is 23.2 Å². The average molecular weight is 341 g/mol. The van der Waals surface area contributed by atoms with E-state index in [0.717, 1.165) is 6.07 Å². The number of hydrogen-bond acceptors (Lipinski definition) is 3. The largest absolute Gasteiger partial charge is 0.419 e. The Morgan fingerprint density at radius 2 is 1.82 bits per heavy atom. The van der Waals surface area contributed by atoms with Gasteiger partial charge in [0.15, 0.2) is 0 Å². The highest BCUT2D eigenvalue weighted by Gasteiger charge is 2.36. The zero-order chi connectivity index (χ0) is 16.5. The molecule has 1 saturated carbocycles. The monoisotopic (exact) mass is 341 g/mol. The first-order valence-corrected chi connectivity index (χ1v) is 8.22. The van der Waals surface area contributed by atoms with E-state index in [-0.39, 0.29) is 12.1 Å². The van der Waals surface area contributed by atoms with Gasteiger partial charge in [-0.25, -0.2) is 12.8 Å². The van der Waals surface area contributed by atoms with Crippen molar-refractivity contribution in [3.05, 3.63) is 29.6 Å². The molecule has 0 heterocycles. The Labute approximate surface area is 125 Å². The number of aliphatic hydroxyl groups is 1. The maximum absolute atomic E-state index is 13.2. The van der Waals surface area contributed by atoms with E-state index in [1.54, 1.807) is 0 Å². The van der Waals surface area contributed by atoms with Crippen molar-refractivity contribution in [2.75, 3.05) is 4.72 Å². The summed E-state index contributed by atoms with van der Waals surface area (Å²) < 4.78 is 77.4. The van der Waals surface area contributed by atoms with Gasteiger partial charge in [-0.2, -0.15) is 13.2 Å². The first kappa shape index (κ1) is 17.0. The second-order valence-electron chi connectivity index (χ2n) is 5.23. The van der Waals surface area contributed by atoms with Crippen molar-refractivity contribution in [1.29, 1.82) is 0 Å². The van der Waals surface area contributed by atoms with Crippen molar-refractivity contribution in [3.63, 3.8) is 0 Å². The van der Waals surface area contributed by atoms with Gasteiger partial charge in [-0.1, -0.05) is 12.8 Å². The second kappa shape index (κ2) is 6.04. The number of alkyl halides is 3. The SMILES string of the molecule is O=S(=O)(Nc1ccc(F)c(C(F)(F)F)c1)C1CCCCC1O. The van der Waals surface area contributed by atoms with Crippen LogP contribution >= 0.6 is 0 Å². The summed E-state index contributed by atoms with van der Waals surface area (Å²) in [6.07, 6.45) is -4.13. The Kier molecular flexibility index (Phi) is 4.67. The molecule has 1 aromatic carbocycles. The highest BCUT2D eigenvalue weighted by molar-refractivity contribution is 7.93. The van der Waals surface area contributed by atoms with Crippen molar-refractivity contribution >= 4 is 15.7 Å². The van der Waals surface area contributed by atoms with Gasteiger partial charge in [-0.15, -0.1) is 0 Å². The van der Waals surface area contributed by atoms with Gasteiger partial charge < -0.3 is 5.11 Å². The minimum absolute atomic E-state index is 0.226. The fourth-order valence-corrected chi connectivity index (χ4v) is 4.12. The van der Waals surface area contributed by atoms with Crippen LogP contribution in [0, 0.1) is 5.82 Å². The molecule has 0 spiro atoms. The third-order valence-corrected chi connectivity index (χ3v) is 5.47. The molecular weight excluding hydrogens is 326 g/mol. The number of benzene rings is 1. The van der Waals surface area contributed by atoms with E-state index < -0.39 is 38.9 Å². The molecule has 2 N–H and O–H groups in total. The standard InChI is InChI=1S/C13H15F4NO3S/c14-10-6-5-8(7-9(10)13(15,16)17)18-22(20,21)12-4-2-1-3-11(12)19/h5-7,11-12,18-19H,1-4H2. The number of hydrogen-bond donors (Lipinski definition) is 2. The van der Waals surface area contributed by atoms with Gasteiger partial charge in [0, 0.05) is 5.69 Å². The van der Waals surface area contributed by atoms with Crippen molar-refractivity contribution in [2.45, 2.75) is 43.2 Å². The molecule has 2 unspecified atom stereocenters. The van der Waals surface area contributed by atoms with E-state index in [0.29, 0.717) is 31.4 Å². The molecule has 2 rings (SSSR count).